The van der Waals surface area contributed by atoms with Crippen molar-refractivity contribution in [1.29, 1.82) is 5.26 Å². The Morgan fingerprint density at radius 3 is 2.19 bits per heavy atom. The highest BCUT2D eigenvalue weighted by Gasteiger charge is 2.16. The average Bonchev–Trinajstić information content (AvgIpc) is 2.26. The Morgan fingerprint density at radius 1 is 1.19 bits per heavy atom. The quantitative estimate of drug-likeness (QED) is 0.586. The molecule has 0 atom stereocenters. The molecule has 0 saturated heterocycles. The molecule has 0 bridgehead atoms. The minimum atomic E-state index is -0.145. The van der Waals surface area contributed by atoms with Gasteiger partial charge in [-0.1, -0.05) is 20.3 Å². The van der Waals surface area contributed by atoms with E-state index in [-0.39, 0.29) is 5.41 Å². The smallest absolute Gasteiger partial charge is 0.0683 e. The molecule has 0 amide bonds. The summed E-state index contributed by atoms with van der Waals surface area (Å²) in [5.41, 5.74) is -0.145. The third kappa shape index (κ3) is 6.12. The maximum atomic E-state index is 8.91. The molecule has 0 aliphatic carbocycles. The van der Waals surface area contributed by atoms with Crippen molar-refractivity contribution >= 4 is 0 Å². The second-order valence-electron chi connectivity index (χ2n) is 5.40. The molecule has 0 unspecified atom stereocenters. The van der Waals surface area contributed by atoms with Crippen LogP contribution in [0.2, 0.25) is 0 Å². The SMILES string of the molecule is CCC(CC)N(C)CCCCC(C)(C)C#N. The molecule has 2 nitrogen and oxygen atoms in total. The minimum absolute atomic E-state index is 0.145. The standard InChI is InChI=1S/C14H28N2/c1-6-13(7-2)16(5)11-9-8-10-14(3,4)12-15/h13H,6-11H2,1-5H3. The van der Waals surface area contributed by atoms with E-state index >= 15 is 0 Å². The number of nitriles is 1. The fraction of sp³-hybridized carbons (Fsp3) is 0.929. The number of hydrogen-bond donors (Lipinski definition) is 0. The summed E-state index contributed by atoms with van der Waals surface area (Å²) in [6.07, 6.45) is 5.84. The first-order valence-corrected chi connectivity index (χ1v) is 6.58. The summed E-state index contributed by atoms with van der Waals surface area (Å²) in [4.78, 5) is 2.46. The van der Waals surface area contributed by atoms with E-state index in [1.807, 2.05) is 13.8 Å². The molecule has 0 aliphatic heterocycles. The summed E-state index contributed by atoms with van der Waals surface area (Å²) in [6.45, 7) is 9.72. The molecule has 0 rings (SSSR count). The van der Waals surface area contributed by atoms with Crippen LogP contribution < -0.4 is 0 Å². The van der Waals surface area contributed by atoms with E-state index in [4.69, 9.17) is 5.26 Å². The minimum Gasteiger partial charge on any atom is -0.303 e. The molecule has 16 heavy (non-hydrogen) atoms. The van der Waals surface area contributed by atoms with E-state index in [1.54, 1.807) is 0 Å². The first-order chi connectivity index (χ1) is 7.46. The first-order valence-electron chi connectivity index (χ1n) is 6.58. The van der Waals surface area contributed by atoms with Crippen molar-refractivity contribution < 1.29 is 0 Å². The van der Waals surface area contributed by atoms with E-state index < -0.39 is 0 Å². The lowest BCUT2D eigenvalue weighted by Crippen LogP contribution is -2.31. The van der Waals surface area contributed by atoms with Crippen LogP contribution in [-0.4, -0.2) is 24.5 Å². The van der Waals surface area contributed by atoms with Crippen molar-refractivity contribution in [2.75, 3.05) is 13.6 Å². The van der Waals surface area contributed by atoms with Crippen molar-refractivity contribution in [3.8, 4) is 6.07 Å². The molecule has 0 spiro atoms. The van der Waals surface area contributed by atoms with Crippen molar-refractivity contribution in [2.24, 2.45) is 5.41 Å². The number of hydrogen-bond acceptors (Lipinski definition) is 2. The van der Waals surface area contributed by atoms with E-state index in [0.717, 1.165) is 25.4 Å². The van der Waals surface area contributed by atoms with E-state index in [0.29, 0.717) is 0 Å². The molecule has 0 aromatic rings. The Labute approximate surface area is 102 Å². The van der Waals surface area contributed by atoms with E-state index in [1.165, 1.54) is 19.3 Å². The van der Waals surface area contributed by atoms with Crippen molar-refractivity contribution in [2.45, 2.75) is 65.8 Å². The molecule has 2 heteroatoms. The van der Waals surface area contributed by atoms with E-state index in [9.17, 15) is 0 Å². The van der Waals surface area contributed by atoms with Gasteiger partial charge in [-0.2, -0.15) is 5.26 Å². The van der Waals surface area contributed by atoms with Gasteiger partial charge in [-0.15, -0.1) is 0 Å². The highest BCUT2D eigenvalue weighted by atomic mass is 15.1. The van der Waals surface area contributed by atoms with Gasteiger partial charge >= 0.3 is 0 Å². The highest BCUT2D eigenvalue weighted by Crippen LogP contribution is 2.21. The zero-order chi connectivity index (χ0) is 12.6. The van der Waals surface area contributed by atoms with Gasteiger partial charge in [0.25, 0.3) is 0 Å². The Kier molecular flexibility index (Phi) is 7.42. The lowest BCUT2D eigenvalue weighted by atomic mass is 9.89. The van der Waals surface area contributed by atoms with Crippen LogP contribution >= 0.6 is 0 Å². The van der Waals surface area contributed by atoms with Gasteiger partial charge in [-0.3, -0.25) is 0 Å². The van der Waals surface area contributed by atoms with Gasteiger partial charge in [0.1, 0.15) is 0 Å². The number of unbranched alkanes of at least 4 members (excludes halogenated alkanes) is 1. The first kappa shape index (κ1) is 15.4. The van der Waals surface area contributed by atoms with Gasteiger partial charge in [0.05, 0.1) is 11.5 Å². The summed E-state index contributed by atoms with van der Waals surface area (Å²) < 4.78 is 0. The topological polar surface area (TPSA) is 27.0 Å². The summed E-state index contributed by atoms with van der Waals surface area (Å²) in [5, 5.41) is 8.91. The third-order valence-electron chi connectivity index (χ3n) is 3.43. The predicted octanol–water partition coefficient (Wildman–Crippen LogP) is 3.83. The van der Waals surface area contributed by atoms with Crippen LogP contribution in [0, 0.1) is 16.7 Å². The molecule has 0 aromatic carbocycles. The molecule has 0 aromatic heterocycles. The normalized spacial score (nSPS) is 12.1. The maximum Gasteiger partial charge on any atom is 0.0683 e. The lowest BCUT2D eigenvalue weighted by molar-refractivity contribution is 0.222. The van der Waals surface area contributed by atoms with Gasteiger partial charge in [0.15, 0.2) is 0 Å². The van der Waals surface area contributed by atoms with E-state index in [2.05, 4.69) is 31.9 Å². The van der Waals surface area contributed by atoms with Gasteiger partial charge in [0, 0.05) is 6.04 Å². The maximum absolute atomic E-state index is 8.91. The summed E-state index contributed by atoms with van der Waals surface area (Å²) >= 11 is 0. The lowest BCUT2D eigenvalue weighted by Gasteiger charge is -2.26. The van der Waals surface area contributed by atoms with Crippen molar-refractivity contribution in [3.63, 3.8) is 0 Å². The zero-order valence-electron chi connectivity index (χ0n) is 11.7. The Bertz CT molecular complexity index is 211. The van der Waals surface area contributed by atoms with Gasteiger partial charge in [-0.25, -0.2) is 0 Å². The van der Waals surface area contributed by atoms with Crippen LogP contribution in [0.25, 0.3) is 0 Å². The summed E-state index contributed by atoms with van der Waals surface area (Å²) in [5.74, 6) is 0. The van der Waals surface area contributed by atoms with Gasteiger partial charge < -0.3 is 4.90 Å². The molecule has 0 fully saturated rings. The fourth-order valence-corrected chi connectivity index (χ4v) is 2.08. The van der Waals surface area contributed by atoms with Crippen LogP contribution in [0.5, 0.6) is 0 Å². The Balaban J connectivity index is 3.71. The summed E-state index contributed by atoms with van der Waals surface area (Å²) in [7, 11) is 2.22. The molecule has 0 saturated carbocycles. The predicted molar refractivity (Wildman–Crippen MR) is 70.2 cm³/mol. The second-order valence-corrected chi connectivity index (χ2v) is 5.40. The molecule has 0 aliphatic rings. The molecule has 0 N–H and O–H groups in total. The van der Waals surface area contributed by atoms with Crippen LogP contribution in [0.3, 0.4) is 0 Å². The van der Waals surface area contributed by atoms with Crippen molar-refractivity contribution in [1.82, 2.24) is 4.90 Å². The third-order valence-corrected chi connectivity index (χ3v) is 3.43. The highest BCUT2D eigenvalue weighted by molar-refractivity contribution is 4.91. The molecule has 0 heterocycles. The monoisotopic (exact) mass is 224 g/mol. The zero-order valence-corrected chi connectivity index (χ0v) is 11.7. The Morgan fingerprint density at radius 2 is 1.75 bits per heavy atom. The second kappa shape index (κ2) is 7.68. The molecular weight excluding hydrogens is 196 g/mol. The Hall–Kier alpha value is -0.550. The van der Waals surface area contributed by atoms with Crippen molar-refractivity contribution in [3.05, 3.63) is 0 Å². The molecular formula is C14H28N2. The molecule has 94 valence electrons. The van der Waals surface area contributed by atoms with Crippen LogP contribution in [0.15, 0.2) is 0 Å². The van der Waals surface area contributed by atoms with Gasteiger partial charge in [0.2, 0.25) is 0 Å². The van der Waals surface area contributed by atoms with Crippen LogP contribution in [0.1, 0.15) is 59.8 Å². The summed E-state index contributed by atoms with van der Waals surface area (Å²) in [6, 6.07) is 3.09. The number of nitrogens with zero attached hydrogens (tertiary/aromatic N) is 2. The van der Waals surface area contributed by atoms with Crippen LogP contribution in [-0.2, 0) is 0 Å². The average molecular weight is 224 g/mol. The fourth-order valence-electron chi connectivity index (χ4n) is 2.08. The van der Waals surface area contributed by atoms with Crippen LogP contribution in [0.4, 0.5) is 0 Å². The van der Waals surface area contributed by atoms with Gasteiger partial charge in [-0.05, 0) is 53.1 Å². The molecule has 0 radical (unpaired) electrons. The largest absolute Gasteiger partial charge is 0.303 e. The number of rotatable bonds is 8.